The van der Waals surface area contributed by atoms with Crippen molar-refractivity contribution in [3.05, 3.63) is 0 Å². The van der Waals surface area contributed by atoms with Gasteiger partial charge in [-0.25, -0.2) is 0 Å². The van der Waals surface area contributed by atoms with Crippen LogP contribution in [-0.2, 0) is 0 Å². The molecule has 9 heavy (non-hydrogen) atoms. The maximum atomic E-state index is 7.57. The minimum atomic E-state index is 0.568. The average molecular weight is 128 g/mol. The van der Waals surface area contributed by atoms with Crippen molar-refractivity contribution in [1.82, 2.24) is 5.31 Å². The van der Waals surface area contributed by atoms with Crippen LogP contribution in [-0.4, -0.2) is 12.6 Å². The Morgan fingerprint density at radius 3 is 3.22 bits per heavy atom. The molecule has 1 aliphatic rings. The van der Waals surface area contributed by atoms with Gasteiger partial charge < -0.3 is 5.31 Å². The molecule has 1 atom stereocenters. The van der Waals surface area contributed by atoms with Crippen LogP contribution in [0.2, 0.25) is 1.41 Å². The van der Waals surface area contributed by atoms with E-state index in [2.05, 4.69) is 6.92 Å². The normalized spacial score (nSPS) is 32.1. The van der Waals surface area contributed by atoms with Crippen molar-refractivity contribution in [2.45, 2.75) is 45.1 Å². The molecule has 54 valence electrons. The molecule has 1 unspecified atom stereocenters. The van der Waals surface area contributed by atoms with Crippen molar-refractivity contribution in [3.63, 3.8) is 0 Å². The highest BCUT2D eigenvalue weighted by atomic mass is 14.9. The van der Waals surface area contributed by atoms with Gasteiger partial charge in [-0.05, 0) is 25.8 Å². The van der Waals surface area contributed by atoms with Crippen molar-refractivity contribution in [2.75, 3.05) is 6.54 Å². The number of rotatable bonds is 2. The summed E-state index contributed by atoms with van der Waals surface area (Å²) < 4.78 is 7.57. The Bertz CT molecular complexity index is 93.3. The lowest BCUT2D eigenvalue weighted by Gasteiger charge is -2.22. The Balaban J connectivity index is 2.25. The standard InChI is InChI=1S/C8H17N/c1-2-5-8-6-3-4-7-9-8/h8-9H,2-7H2,1H3/i/hD. The highest BCUT2D eigenvalue weighted by molar-refractivity contribution is 4.70. The molecule has 0 aromatic carbocycles. The quantitative estimate of drug-likeness (QED) is 0.599. The molecule has 0 aromatic rings. The highest BCUT2D eigenvalue weighted by Crippen LogP contribution is 2.10. The van der Waals surface area contributed by atoms with E-state index in [0.717, 1.165) is 6.54 Å². The molecular weight excluding hydrogens is 110 g/mol. The van der Waals surface area contributed by atoms with E-state index in [0.29, 0.717) is 6.04 Å². The summed E-state index contributed by atoms with van der Waals surface area (Å²) in [5.74, 6) is 0. The lowest BCUT2D eigenvalue weighted by atomic mass is 10.0. The molecule has 1 N–H and O–H groups in total. The van der Waals surface area contributed by atoms with Gasteiger partial charge in [0.1, 0.15) is 1.41 Å². The Kier molecular flexibility index (Phi) is 2.47. The first kappa shape index (κ1) is 5.72. The van der Waals surface area contributed by atoms with Crippen LogP contribution in [0.1, 0.15) is 39.0 Å². The van der Waals surface area contributed by atoms with Gasteiger partial charge in [-0.2, -0.15) is 0 Å². The molecular formula is C8H17N. The third kappa shape index (κ3) is 2.35. The molecule has 1 rings (SSSR count). The van der Waals surface area contributed by atoms with Crippen molar-refractivity contribution in [3.8, 4) is 0 Å². The molecule has 0 spiro atoms. The first-order chi connectivity index (χ1) is 4.84. The van der Waals surface area contributed by atoms with Crippen molar-refractivity contribution < 1.29 is 1.41 Å². The molecule has 0 amide bonds. The molecule has 0 aliphatic carbocycles. The third-order valence-electron chi connectivity index (χ3n) is 1.95. The topological polar surface area (TPSA) is 12.0 Å². The molecule has 1 saturated heterocycles. The average Bonchev–Trinajstić information content (AvgIpc) is 1.94. The zero-order valence-electron chi connectivity index (χ0n) is 7.27. The first-order valence-corrected chi connectivity index (χ1v) is 4.10. The van der Waals surface area contributed by atoms with Crippen LogP contribution < -0.4 is 5.31 Å². The van der Waals surface area contributed by atoms with E-state index < -0.39 is 0 Å². The first-order valence-electron chi connectivity index (χ1n) is 4.55. The largest absolute Gasteiger partial charge is 0.314 e. The summed E-state index contributed by atoms with van der Waals surface area (Å²) in [6.45, 7) is 3.19. The predicted molar refractivity (Wildman–Crippen MR) is 40.5 cm³/mol. The predicted octanol–water partition coefficient (Wildman–Crippen LogP) is 1.93. The van der Waals surface area contributed by atoms with Gasteiger partial charge >= 0.3 is 0 Å². The van der Waals surface area contributed by atoms with Crippen molar-refractivity contribution in [2.24, 2.45) is 0 Å². The molecule has 1 aliphatic heterocycles. The van der Waals surface area contributed by atoms with Crippen molar-refractivity contribution >= 4 is 0 Å². The molecule has 1 nitrogen and oxygen atoms in total. The number of piperidine rings is 1. The molecule has 0 radical (unpaired) electrons. The Morgan fingerprint density at radius 2 is 2.56 bits per heavy atom. The van der Waals surface area contributed by atoms with Gasteiger partial charge in [0.25, 0.3) is 0 Å². The smallest absolute Gasteiger partial charge is 0.122 e. The molecule has 1 heteroatoms. The van der Waals surface area contributed by atoms with Crippen LogP contribution in [0.15, 0.2) is 0 Å². The van der Waals surface area contributed by atoms with Crippen LogP contribution >= 0.6 is 0 Å². The van der Waals surface area contributed by atoms with Crippen LogP contribution in [0.4, 0.5) is 0 Å². The van der Waals surface area contributed by atoms with Crippen LogP contribution in [0.5, 0.6) is 0 Å². The summed E-state index contributed by atoms with van der Waals surface area (Å²) in [5.41, 5.74) is 0. The molecule has 0 aromatic heterocycles. The van der Waals surface area contributed by atoms with Gasteiger partial charge in [0.05, 0.1) is 0 Å². The molecule has 1 fully saturated rings. The fourth-order valence-corrected chi connectivity index (χ4v) is 1.43. The summed E-state index contributed by atoms with van der Waals surface area (Å²) in [6, 6.07) is 0.568. The summed E-state index contributed by atoms with van der Waals surface area (Å²) >= 11 is 0. The van der Waals surface area contributed by atoms with Crippen LogP contribution in [0, 0.1) is 0 Å². The second-order valence-electron chi connectivity index (χ2n) is 2.84. The van der Waals surface area contributed by atoms with Gasteiger partial charge in [-0.15, -0.1) is 0 Å². The van der Waals surface area contributed by atoms with Crippen LogP contribution in [0.25, 0.3) is 0 Å². The van der Waals surface area contributed by atoms with E-state index in [9.17, 15) is 0 Å². The SMILES string of the molecule is [2H]N1CCCCC1CCC. The fraction of sp³-hybridized carbons (Fsp3) is 1.00. The van der Waals surface area contributed by atoms with Gasteiger partial charge in [0.2, 0.25) is 0 Å². The number of hydrogen-bond donors (Lipinski definition) is 1. The molecule has 0 bridgehead atoms. The minimum absolute atomic E-state index is 0.568. The van der Waals surface area contributed by atoms with Gasteiger partial charge in [-0.3, -0.25) is 0 Å². The van der Waals surface area contributed by atoms with E-state index in [1.165, 1.54) is 32.1 Å². The number of hydrogen-bond acceptors (Lipinski definition) is 1. The second kappa shape index (κ2) is 3.89. The van der Waals surface area contributed by atoms with E-state index in [4.69, 9.17) is 1.41 Å². The molecule has 1 heterocycles. The van der Waals surface area contributed by atoms with Crippen LogP contribution in [0.3, 0.4) is 0 Å². The highest BCUT2D eigenvalue weighted by Gasteiger charge is 2.09. The van der Waals surface area contributed by atoms with E-state index in [1.807, 2.05) is 0 Å². The van der Waals surface area contributed by atoms with E-state index >= 15 is 0 Å². The third-order valence-corrected chi connectivity index (χ3v) is 1.95. The zero-order valence-corrected chi connectivity index (χ0v) is 6.27. The summed E-state index contributed by atoms with van der Waals surface area (Å²) in [5, 5.41) is 1.77. The Labute approximate surface area is 59.3 Å². The summed E-state index contributed by atoms with van der Waals surface area (Å²) in [4.78, 5) is 0. The fourth-order valence-electron chi connectivity index (χ4n) is 1.43. The number of nitrogens with one attached hydrogen (secondary N) is 1. The Morgan fingerprint density at radius 1 is 1.67 bits per heavy atom. The van der Waals surface area contributed by atoms with Gasteiger partial charge in [-0.1, -0.05) is 19.8 Å². The maximum Gasteiger partial charge on any atom is 0.122 e. The van der Waals surface area contributed by atoms with Crippen molar-refractivity contribution in [1.29, 1.82) is 0 Å². The Hall–Kier alpha value is -0.0400. The lowest BCUT2D eigenvalue weighted by molar-refractivity contribution is 0.380. The van der Waals surface area contributed by atoms with Gasteiger partial charge in [0.15, 0.2) is 0 Å². The summed E-state index contributed by atoms with van der Waals surface area (Å²) in [7, 11) is 0. The molecule has 0 saturated carbocycles. The minimum Gasteiger partial charge on any atom is -0.314 e. The zero-order chi connectivity index (χ0) is 7.40. The maximum absolute atomic E-state index is 7.57. The monoisotopic (exact) mass is 128 g/mol. The summed E-state index contributed by atoms with van der Waals surface area (Å²) in [6.07, 6.45) is 6.24. The van der Waals surface area contributed by atoms with Gasteiger partial charge in [0, 0.05) is 6.04 Å². The van der Waals surface area contributed by atoms with E-state index in [1.54, 1.807) is 5.31 Å². The lowest BCUT2D eigenvalue weighted by Crippen LogP contribution is -2.33. The second-order valence-corrected chi connectivity index (χ2v) is 2.84. The van der Waals surface area contributed by atoms with E-state index in [-0.39, 0.29) is 0 Å².